The average Bonchev–Trinajstić information content (AvgIpc) is 3.08. The number of rotatable bonds is 2. The van der Waals surface area contributed by atoms with E-state index in [9.17, 15) is 0 Å². The predicted molar refractivity (Wildman–Crippen MR) is 113 cm³/mol. The van der Waals surface area contributed by atoms with Gasteiger partial charge in [0.2, 0.25) is 11.4 Å². The molecule has 28 heavy (non-hydrogen) atoms. The van der Waals surface area contributed by atoms with Crippen LogP contribution in [0, 0.1) is 13.8 Å². The Morgan fingerprint density at radius 3 is 2.50 bits per heavy atom. The van der Waals surface area contributed by atoms with E-state index in [4.69, 9.17) is 4.42 Å². The largest absolute Gasteiger partial charge is 0.437 e. The van der Waals surface area contributed by atoms with Crippen LogP contribution in [-0.4, -0.2) is 4.98 Å². The molecule has 136 valence electrons. The minimum atomic E-state index is 0.683. The zero-order chi connectivity index (χ0) is 19.3. The normalized spacial score (nSPS) is 11.4. The molecule has 0 spiro atoms. The van der Waals surface area contributed by atoms with Crippen molar-refractivity contribution in [1.82, 2.24) is 4.98 Å². The Hall–Kier alpha value is -3.46. The average molecular weight is 365 g/mol. The number of benzene rings is 2. The van der Waals surface area contributed by atoms with E-state index in [1.54, 1.807) is 6.20 Å². The van der Waals surface area contributed by atoms with Gasteiger partial charge in [0.05, 0.1) is 5.56 Å². The number of nitrogens with zero attached hydrogens (tertiary/aromatic N) is 2. The Morgan fingerprint density at radius 1 is 0.857 bits per heavy atom. The predicted octanol–water partition coefficient (Wildman–Crippen LogP) is 5.76. The first-order valence-electron chi connectivity index (χ1n) is 9.46. The zero-order valence-corrected chi connectivity index (χ0v) is 16.2. The molecule has 0 aliphatic carbocycles. The molecule has 0 aliphatic heterocycles. The standard InChI is InChI=1S/C25H21N2O/c1-16-11-12-19-20-10-7-13-26-25(20)28-24(19)23(16)22-14-21(17(2)15-27(22)3)18-8-5-4-6-9-18/h4-15H,1-3H3/q+1. The van der Waals surface area contributed by atoms with E-state index in [1.165, 1.54) is 22.3 Å². The van der Waals surface area contributed by atoms with Gasteiger partial charge in [-0.05, 0) is 42.7 Å². The highest BCUT2D eigenvalue weighted by Gasteiger charge is 2.22. The van der Waals surface area contributed by atoms with Crippen LogP contribution in [0.5, 0.6) is 0 Å². The first kappa shape index (κ1) is 16.7. The summed E-state index contributed by atoms with van der Waals surface area (Å²) in [5.74, 6) is 0. The lowest BCUT2D eigenvalue weighted by atomic mass is 9.96. The molecule has 5 aromatic rings. The van der Waals surface area contributed by atoms with E-state index < -0.39 is 0 Å². The lowest BCUT2D eigenvalue weighted by Crippen LogP contribution is -2.31. The third-order valence-corrected chi connectivity index (χ3v) is 5.44. The van der Waals surface area contributed by atoms with Gasteiger partial charge in [-0.1, -0.05) is 42.5 Å². The molecule has 0 fully saturated rings. The Morgan fingerprint density at radius 2 is 1.68 bits per heavy atom. The summed E-state index contributed by atoms with van der Waals surface area (Å²) in [6.07, 6.45) is 3.97. The summed E-state index contributed by atoms with van der Waals surface area (Å²) >= 11 is 0. The minimum Gasteiger partial charge on any atom is -0.437 e. The molecule has 0 N–H and O–H groups in total. The van der Waals surface area contributed by atoms with Gasteiger partial charge in [0.25, 0.3) is 0 Å². The molecule has 0 saturated carbocycles. The van der Waals surface area contributed by atoms with Gasteiger partial charge in [-0.2, -0.15) is 0 Å². The fourth-order valence-corrected chi connectivity index (χ4v) is 4.05. The topological polar surface area (TPSA) is 29.9 Å². The number of hydrogen-bond acceptors (Lipinski definition) is 2. The zero-order valence-electron chi connectivity index (χ0n) is 16.2. The van der Waals surface area contributed by atoms with Crippen molar-refractivity contribution in [3.05, 3.63) is 84.2 Å². The molecule has 0 bridgehead atoms. The van der Waals surface area contributed by atoms with Crippen LogP contribution < -0.4 is 4.57 Å². The molecule has 2 aromatic carbocycles. The number of furan rings is 1. The summed E-state index contributed by atoms with van der Waals surface area (Å²) in [4.78, 5) is 4.41. The van der Waals surface area contributed by atoms with Gasteiger partial charge in [0.1, 0.15) is 7.05 Å². The summed E-state index contributed by atoms with van der Waals surface area (Å²) < 4.78 is 8.41. The summed E-state index contributed by atoms with van der Waals surface area (Å²) in [7, 11) is 2.09. The van der Waals surface area contributed by atoms with E-state index in [0.717, 1.165) is 27.6 Å². The highest BCUT2D eigenvalue weighted by Crippen LogP contribution is 2.37. The molecule has 0 aliphatic rings. The van der Waals surface area contributed by atoms with Crippen molar-refractivity contribution in [3.8, 4) is 22.4 Å². The number of aryl methyl sites for hydroxylation is 3. The van der Waals surface area contributed by atoms with Crippen LogP contribution in [0.2, 0.25) is 0 Å². The highest BCUT2D eigenvalue weighted by molar-refractivity contribution is 6.08. The quantitative estimate of drug-likeness (QED) is 0.373. The van der Waals surface area contributed by atoms with Crippen LogP contribution in [0.15, 0.2) is 77.5 Å². The number of aromatic nitrogens is 2. The van der Waals surface area contributed by atoms with Crippen molar-refractivity contribution < 1.29 is 8.98 Å². The molecule has 0 unspecified atom stereocenters. The van der Waals surface area contributed by atoms with E-state index in [1.807, 2.05) is 6.07 Å². The Balaban J connectivity index is 1.84. The van der Waals surface area contributed by atoms with E-state index >= 15 is 0 Å². The van der Waals surface area contributed by atoms with Crippen LogP contribution in [0.1, 0.15) is 11.1 Å². The lowest BCUT2D eigenvalue weighted by Gasteiger charge is -2.10. The van der Waals surface area contributed by atoms with Crippen LogP contribution >= 0.6 is 0 Å². The maximum Gasteiger partial charge on any atom is 0.227 e. The molecule has 3 nitrogen and oxygen atoms in total. The highest BCUT2D eigenvalue weighted by atomic mass is 16.3. The van der Waals surface area contributed by atoms with Gasteiger partial charge >= 0.3 is 0 Å². The van der Waals surface area contributed by atoms with Gasteiger partial charge in [-0.15, -0.1) is 0 Å². The monoisotopic (exact) mass is 365 g/mol. The number of hydrogen-bond donors (Lipinski definition) is 0. The lowest BCUT2D eigenvalue weighted by molar-refractivity contribution is -0.660. The van der Waals surface area contributed by atoms with E-state index in [2.05, 4.69) is 91.2 Å². The summed E-state index contributed by atoms with van der Waals surface area (Å²) in [6.45, 7) is 4.29. The fourth-order valence-electron chi connectivity index (χ4n) is 4.05. The fraction of sp³-hybridized carbons (Fsp3) is 0.120. The van der Waals surface area contributed by atoms with E-state index in [-0.39, 0.29) is 0 Å². The van der Waals surface area contributed by atoms with Gasteiger partial charge in [0.15, 0.2) is 11.8 Å². The van der Waals surface area contributed by atoms with Crippen LogP contribution in [0.25, 0.3) is 44.5 Å². The van der Waals surface area contributed by atoms with Crippen LogP contribution in [0.4, 0.5) is 0 Å². The molecule has 0 radical (unpaired) electrons. The molecule has 0 saturated heterocycles. The Kier molecular flexibility index (Phi) is 3.76. The molecule has 3 aromatic heterocycles. The molecular weight excluding hydrogens is 344 g/mol. The molecule has 5 rings (SSSR count). The molecule has 3 heterocycles. The summed E-state index contributed by atoms with van der Waals surface area (Å²) in [5.41, 5.74) is 8.72. The minimum absolute atomic E-state index is 0.683. The van der Waals surface area contributed by atoms with Gasteiger partial charge in [0, 0.05) is 28.6 Å². The van der Waals surface area contributed by atoms with E-state index in [0.29, 0.717) is 5.71 Å². The van der Waals surface area contributed by atoms with Crippen LogP contribution in [-0.2, 0) is 7.05 Å². The second-order valence-corrected chi connectivity index (χ2v) is 7.32. The maximum atomic E-state index is 6.23. The third-order valence-electron chi connectivity index (χ3n) is 5.44. The first-order valence-corrected chi connectivity index (χ1v) is 9.46. The van der Waals surface area contributed by atoms with Crippen molar-refractivity contribution >= 4 is 22.1 Å². The van der Waals surface area contributed by atoms with Crippen LogP contribution in [0.3, 0.4) is 0 Å². The van der Waals surface area contributed by atoms with Gasteiger partial charge in [-0.3, -0.25) is 0 Å². The van der Waals surface area contributed by atoms with Crippen molar-refractivity contribution in [3.63, 3.8) is 0 Å². The van der Waals surface area contributed by atoms with Crippen molar-refractivity contribution in [2.24, 2.45) is 7.05 Å². The van der Waals surface area contributed by atoms with Crippen molar-refractivity contribution in [2.45, 2.75) is 13.8 Å². The SMILES string of the molecule is Cc1c[n+](C)c(-c2c(C)ccc3c2oc2ncccc23)cc1-c1ccccc1. The second-order valence-electron chi connectivity index (χ2n) is 7.32. The summed E-state index contributed by atoms with van der Waals surface area (Å²) in [5, 5.41) is 2.15. The number of fused-ring (bicyclic) bond motifs is 3. The first-order chi connectivity index (χ1) is 13.6. The van der Waals surface area contributed by atoms with Crippen molar-refractivity contribution in [1.29, 1.82) is 0 Å². The smallest absolute Gasteiger partial charge is 0.227 e. The van der Waals surface area contributed by atoms with Gasteiger partial charge in [-0.25, -0.2) is 9.55 Å². The molecular formula is C25H21N2O+. The Labute approximate surface area is 163 Å². The second kappa shape index (κ2) is 6.31. The van der Waals surface area contributed by atoms with Gasteiger partial charge < -0.3 is 4.42 Å². The maximum absolute atomic E-state index is 6.23. The summed E-state index contributed by atoms with van der Waals surface area (Å²) in [6, 6.07) is 21.1. The molecule has 0 atom stereocenters. The molecule has 3 heteroatoms. The third kappa shape index (κ3) is 2.51. The Bertz CT molecular complexity index is 1330. The van der Waals surface area contributed by atoms with Crippen molar-refractivity contribution in [2.75, 3.05) is 0 Å². The number of pyridine rings is 2. The molecule has 0 amide bonds.